The van der Waals surface area contributed by atoms with Gasteiger partial charge in [-0.15, -0.1) is 0 Å². The fraction of sp³-hybridized carbons (Fsp3) is 0.714. The molecule has 2 saturated heterocycles. The second-order valence-electron chi connectivity index (χ2n) is 5.84. The van der Waals surface area contributed by atoms with Crippen LogP contribution in [0.1, 0.15) is 30.6 Å². The van der Waals surface area contributed by atoms with Crippen LogP contribution in [0.5, 0.6) is 0 Å². The van der Waals surface area contributed by atoms with Crippen molar-refractivity contribution in [2.24, 2.45) is 5.92 Å². The molecule has 0 amide bonds. The molecule has 6 heteroatoms. The zero-order valence-corrected chi connectivity index (χ0v) is 12.4. The molecule has 2 aliphatic rings. The average Bonchev–Trinajstić information content (AvgIpc) is 3.10. The van der Waals surface area contributed by atoms with Crippen LogP contribution < -0.4 is 5.32 Å². The normalized spacial score (nSPS) is 27.8. The van der Waals surface area contributed by atoms with E-state index in [0.717, 1.165) is 37.0 Å². The molecule has 0 bridgehead atoms. The second kappa shape index (κ2) is 6.20. The molecule has 2 fully saturated rings. The Morgan fingerprint density at radius 1 is 1.40 bits per heavy atom. The molecule has 2 atom stereocenters. The first-order valence-corrected chi connectivity index (χ1v) is 8.23. The van der Waals surface area contributed by atoms with Crippen molar-refractivity contribution in [1.82, 2.24) is 10.2 Å². The molecule has 0 spiro atoms. The molecule has 0 aliphatic carbocycles. The lowest BCUT2D eigenvalue weighted by Crippen LogP contribution is -2.43. The zero-order chi connectivity index (χ0) is 13.9. The average molecular weight is 295 g/mol. The molecule has 3 rings (SSSR count). The molecule has 1 aromatic rings. The Morgan fingerprint density at radius 3 is 3.00 bits per heavy atom. The van der Waals surface area contributed by atoms with E-state index in [1.54, 1.807) is 6.07 Å². The number of thiophene rings is 1. The minimum Gasteiger partial charge on any atom is -0.314 e. The molecule has 1 aromatic heterocycles. The summed E-state index contributed by atoms with van der Waals surface area (Å²) >= 11 is 1.31. The van der Waals surface area contributed by atoms with Gasteiger partial charge < -0.3 is 5.32 Å². The first kappa shape index (κ1) is 14.0. The molecule has 2 aliphatic heterocycles. The number of nitrogens with zero attached hydrogens (tertiary/aromatic N) is 2. The predicted molar refractivity (Wildman–Crippen MR) is 80.0 cm³/mol. The van der Waals surface area contributed by atoms with Gasteiger partial charge in [0.2, 0.25) is 0 Å². The SMILES string of the molecule is O=[N+]([O-])c1ccc(CN2CCCC(C3CCCN3)C2)s1. The van der Waals surface area contributed by atoms with Gasteiger partial charge in [-0.05, 0) is 50.8 Å². The third-order valence-electron chi connectivity index (χ3n) is 4.42. The van der Waals surface area contributed by atoms with Crippen molar-refractivity contribution in [2.75, 3.05) is 19.6 Å². The van der Waals surface area contributed by atoms with Crippen molar-refractivity contribution in [1.29, 1.82) is 0 Å². The van der Waals surface area contributed by atoms with Gasteiger partial charge in [-0.2, -0.15) is 0 Å². The van der Waals surface area contributed by atoms with Crippen molar-refractivity contribution in [3.05, 3.63) is 27.1 Å². The summed E-state index contributed by atoms with van der Waals surface area (Å²) in [6.07, 6.45) is 5.18. The smallest absolute Gasteiger partial charge is 0.314 e. The summed E-state index contributed by atoms with van der Waals surface area (Å²) in [6, 6.07) is 4.22. The highest BCUT2D eigenvalue weighted by Gasteiger charge is 2.29. The second-order valence-corrected chi connectivity index (χ2v) is 6.98. The Morgan fingerprint density at radius 2 is 2.30 bits per heavy atom. The number of nitrogens with one attached hydrogen (secondary N) is 1. The van der Waals surface area contributed by atoms with E-state index in [1.807, 2.05) is 6.07 Å². The molecular weight excluding hydrogens is 274 g/mol. The Bertz CT molecular complexity index is 471. The zero-order valence-electron chi connectivity index (χ0n) is 11.6. The quantitative estimate of drug-likeness (QED) is 0.685. The molecule has 20 heavy (non-hydrogen) atoms. The highest BCUT2D eigenvalue weighted by molar-refractivity contribution is 7.15. The van der Waals surface area contributed by atoms with Crippen LogP contribution in [-0.4, -0.2) is 35.5 Å². The molecule has 2 unspecified atom stereocenters. The summed E-state index contributed by atoms with van der Waals surface area (Å²) in [5.41, 5.74) is 0. The van der Waals surface area contributed by atoms with Crippen LogP contribution in [0.4, 0.5) is 5.00 Å². The van der Waals surface area contributed by atoms with Crippen LogP contribution in [-0.2, 0) is 6.54 Å². The highest BCUT2D eigenvalue weighted by atomic mass is 32.1. The van der Waals surface area contributed by atoms with E-state index in [1.165, 1.54) is 37.0 Å². The van der Waals surface area contributed by atoms with E-state index < -0.39 is 0 Å². The van der Waals surface area contributed by atoms with Crippen LogP contribution >= 0.6 is 11.3 Å². The summed E-state index contributed by atoms with van der Waals surface area (Å²) < 4.78 is 0. The number of nitro groups is 1. The standard InChI is InChI=1S/C14H21N3O2S/c18-17(19)14-6-5-12(20-14)10-16-8-2-3-11(9-16)13-4-1-7-15-13/h5-6,11,13,15H,1-4,7-10H2. The van der Waals surface area contributed by atoms with Crippen molar-refractivity contribution in [2.45, 2.75) is 38.3 Å². The lowest BCUT2D eigenvalue weighted by Gasteiger charge is -2.35. The molecule has 110 valence electrons. The van der Waals surface area contributed by atoms with Crippen LogP contribution in [0.25, 0.3) is 0 Å². The summed E-state index contributed by atoms with van der Waals surface area (Å²) in [6.45, 7) is 4.28. The molecule has 1 N–H and O–H groups in total. The molecule has 0 radical (unpaired) electrons. The maximum atomic E-state index is 10.7. The minimum absolute atomic E-state index is 0.256. The van der Waals surface area contributed by atoms with Crippen molar-refractivity contribution < 1.29 is 4.92 Å². The van der Waals surface area contributed by atoms with Crippen molar-refractivity contribution >= 4 is 16.3 Å². The topological polar surface area (TPSA) is 58.4 Å². The monoisotopic (exact) mass is 295 g/mol. The Hall–Kier alpha value is -0.980. The minimum atomic E-state index is -0.296. The van der Waals surface area contributed by atoms with Gasteiger partial charge in [0.1, 0.15) is 0 Å². The Labute approximate surface area is 123 Å². The fourth-order valence-corrected chi connectivity index (χ4v) is 4.31. The number of rotatable bonds is 4. The Kier molecular flexibility index (Phi) is 4.33. The Balaban J connectivity index is 1.57. The summed E-state index contributed by atoms with van der Waals surface area (Å²) in [4.78, 5) is 14.0. The van der Waals surface area contributed by atoms with Crippen LogP contribution in [0.15, 0.2) is 12.1 Å². The van der Waals surface area contributed by atoms with Gasteiger partial charge in [0.15, 0.2) is 0 Å². The summed E-state index contributed by atoms with van der Waals surface area (Å²) in [5, 5.41) is 14.6. The number of hydrogen-bond acceptors (Lipinski definition) is 5. The van der Waals surface area contributed by atoms with Crippen LogP contribution in [0, 0.1) is 16.0 Å². The van der Waals surface area contributed by atoms with Gasteiger partial charge in [0.05, 0.1) is 4.92 Å². The van der Waals surface area contributed by atoms with E-state index in [0.29, 0.717) is 6.04 Å². The lowest BCUT2D eigenvalue weighted by atomic mass is 9.90. The van der Waals surface area contributed by atoms with Gasteiger partial charge in [0.25, 0.3) is 0 Å². The first-order valence-electron chi connectivity index (χ1n) is 7.41. The van der Waals surface area contributed by atoms with Gasteiger partial charge in [-0.3, -0.25) is 15.0 Å². The largest absolute Gasteiger partial charge is 0.324 e. The van der Waals surface area contributed by atoms with E-state index in [9.17, 15) is 10.1 Å². The van der Waals surface area contributed by atoms with Crippen LogP contribution in [0.2, 0.25) is 0 Å². The van der Waals surface area contributed by atoms with Crippen molar-refractivity contribution in [3.8, 4) is 0 Å². The number of likely N-dealkylation sites (tertiary alicyclic amines) is 1. The number of hydrogen-bond donors (Lipinski definition) is 1. The molecular formula is C14H21N3O2S. The van der Waals surface area contributed by atoms with Gasteiger partial charge in [-0.1, -0.05) is 11.3 Å². The third kappa shape index (κ3) is 3.19. The van der Waals surface area contributed by atoms with Gasteiger partial charge in [0, 0.05) is 30.1 Å². The van der Waals surface area contributed by atoms with Crippen LogP contribution in [0.3, 0.4) is 0 Å². The molecule has 0 aromatic carbocycles. The van der Waals surface area contributed by atoms with E-state index >= 15 is 0 Å². The van der Waals surface area contributed by atoms with Gasteiger partial charge in [-0.25, -0.2) is 0 Å². The fourth-order valence-electron chi connectivity index (χ4n) is 3.45. The maximum Gasteiger partial charge on any atom is 0.324 e. The molecule has 0 saturated carbocycles. The predicted octanol–water partition coefficient (Wildman–Crippen LogP) is 2.62. The highest BCUT2D eigenvalue weighted by Crippen LogP contribution is 2.29. The first-order chi connectivity index (χ1) is 9.72. The van der Waals surface area contributed by atoms with E-state index in [2.05, 4.69) is 10.2 Å². The molecule has 3 heterocycles. The van der Waals surface area contributed by atoms with E-state index in [-0.39, 0.29) is 9.92 Å². The third-order valence-corrected chi connectivity index (χ3v) is 5.44. The van der Waals surface area contributed by atoms with Gasteiger partial charge >= 0.3 is 5.00 Å². The molecule has 5 nitrogen and oxygen atoms in total. The number of piperidine rings is 1. The lowest BCUT2D eigenvalue weighted by molar-refractivity contribution is -0.380. The maximum absolute atomic E-state index is 10.7. The summed E-state index contributed by atoms with van der Waals surface area (Å²) in [7, 11) is 0. The van der Waals surface area contributed by atoms with E-state index in [4.69, 9.17) is 0 Å². The van der Waals surface area contributed by atoms with Crippen molar-refractivity contribution in [3.63, 3.8) is 0 Å². The summed E-state index contributed by atoms with van der Waals surface area (Å²) in [5.74, 6) is 0.751.